The number of ether oxygens (including phenoxy) is 5. The van der Waals surface area contributed by atoms with Gasteiger partial charge >= 0.3 is 29.8 Å². The highest BCUT2D eigenvalue weighted by Crippen LogP contribution is 2.51. The van der Waals surface area contributed by atoms with Crippen LogP contribution in [0.25, 0.3) is 0 Å². The highest BCUT2D eigenvalue weighted by Gasteiger charge is 2.68. The molecule has 0 saturated heterocycles. The van der Waals surface area contributed by atoms with Gasteiger partial charge in [0.25, 0.3) is 0 Å². The van der Waals surface area contributed by atoms with Crippen molar-refractivity contribution in [1.29, 1.82) is 0 Å². The van der Waals surface area contributed by atoms with Gasteiger partial charge in [0.15, 0.2) is 24.1 Å². The Labute approximate surface area is 307 Å². The lowest BCUT2D eigenvalue weighted by molar-refractivity contribution is -0.184. The van der Waals surface area contributed by atoms with Crippen LogP contribution in [0.15, 0.2) is 79.2 Å². The summed E-state index contributed by atoms with van der Waals surface area (Å²) in [4.78, 5) is 84.2. The smallest absolute Gasteiger partial charge is 0.340 e. The van der Waals surface area contributed by atoms with Crippen molar-refractivity contribution in [3.63, 3.8) is 0 Å². The molecule has 14 nitrogen and oxygen atoms in total. The number of rotatable bonds is 7. The normalized spacial score (nSPS) is 31.8. The Hall–Kier alpha value is -5.21. The number of ketones is 1. The second kappa shape index (κ2) is 15.8. The molecule has 0 amide bonds. The molecule has 0 aliphatic heterocycles. The van der Waals surface area contributed by atoms with E-state index in [0.717, 1.165) is 20.8 Å². The molecule has 0 radical (unpaired) electrons. The summed E-state index contributed by atoms with van der Waals surface area (Å²) in [5.41, 5.74) is -6.39. The minimum atomic E-state index is -2.58. The first-order valence-electron chi connectivity index (χ1n) is 17.0. The summed E-state index contributed by atoms with van der Waals surface area (Å²) < 4.78 is 29.3. The number of aliphatic hydroxyl groups is 2. The van der Waals surface area contributed by atoms with E-state index in [-0.39, 0.29) is 16.7 Å². The number of esters is 5. The van der Waals surface area contributed by atoms with Crippen molar-refractivity contribution in [3.8, 4) is 0 Å². The van der Waals surface area contributed by atoms with Crippen molar-refractivity contribution in [2.75, 3.05) is 0 Å². The van der Waals surface area contributed by atoms with E-state index in [1.54, 1.807) is 32.0 Å². The van der Waals surface area contributed by atoms with Crippen LogP contribution in [0.5, 0.6) is 0 Å². The summed E-state index contributed by atoms with van der Waals surface area (Å²) in [7, 11) is 0. The van der Waals surface area contributed by atoms with E-state index in [0.29, 0.717) is 0 Å². The highest BCUT2D eigenvalue weighted by atomic mass is 16.6. The van der Waals surface area contributed by atoms with E-state index in [2.05, 4.69) is 11.6 Å². The van der Waals surface area contributed by atoms with Gasteiger partial charge in [0.05, 0.1) is 17.0 Å². The maximum Gasteiger partial charge on any atom is 0.340 e. The molecule has 1 aromatic heterocycles. The van der Waals surface area contributed by atoms with Crippen LogP contribution in [-0.2, 0) is 42.9 Å². The van der Waals surface area contributed by atoms with Gasteiger partial charge in [-0.25, -0.2) is 9.59 Å². The number of carbonyl (C=O) groups is 6. The van der Waals surface area contributed by atoms with Crippen molar-refractivity contribution in [1.82, 2.24) is 4.98 Å². The summed E-state index contributed by atoms with van der Waals surface area (Å²) in [5, 5.41) is 24.3. The number of pyridine rings is 1. The van der Waals surface area contributed by atoms with Gasteiger partial charge < -0.3 is 33.9 Å². The van der Waals surface area contributed by atoms with Crippen molar-refractivity contribution in [3.05, 3.63) is 90.3 Å². The van der Waals surface area contributed by atoms with Gasteiger partial charge in [-0.3, -0.25) is 24.2 Å². The van der Waals surface area contributed by atoms with E-state index in [1.807, 2.05) is 0 Å². The lowest BCUT2D eigenvalue weighted by Crippen LogP contribution is -2.58. The Morgan fingerprint density at radius 3 is 1.89 bits per heavy atom. The van der Waals surface area contributed by atoms with Gasteiger partial charge in [-0.2, -0.15) is 0 Å². The summed E-state index contributed by atoms with van der Waals surface area (Å²) in [6.07, 6.45) is -3.78. The monoisotopic (exact) mass is 735 g/mol. The van der Waals surface area contributed by atoms with E-state index < -0.39 is 101 Å². The number of fused-ring (bicyclic) bond motifs is 1. The predicted molar refractivity (Wildman–Crippen MR) is 186 cm³/mol. The number of allylic oxidation sites excluding steroid dienone is 1. The first kappa shape index (κ1) is 40.6. The molecule has 0 unspecified atom stereocenters. The first-order chi connectivity index (χ1) is 24.7. The zero-order valence-corrected chi connectivity index (χ0v) is 30.6. The number of Topliss-reactive ketones (excluding diaryl/α,β-unsaturated/α-hetero) is 1. The van der Waals surface area contributed by atoms with E-state index in [9.17, 15) is 39.0 Å². The Bertz CT molecular complexity index is 1770. The van der Waals surface area contributed by atoms with Gasteiger partial charge in [0, 0.05) is 56.5 Å². The molecule has 53 heavy (non-hydrogen) atoms. The van der Waals surface area contributed by atoms with Crippen molar-refractivity contribution < 1.29 is 62.7 Å². The number of carbonyl (C=O) groups excluding carboxylic acids is 6. The number of benzene rings is 1. The SMILES string of the molecule is C=C1[C@@H](OC(=O)c2ccccc2)[C@H]2[C@@H](OC(C)=O)[C@](C)(O)C[C@]2(O)C(=O)[C@@H](C)/C=C/C(C)(C)[C@H](OC(C)=O)[C@H](OC(C)=O)[C@H]1OC(=O)c1cccnc1. The Balaban J connectivity index is 2.10. The topological polar surface area (TPSA) is 202 Å². The number of hydrogen-bond acceptors (Lipinski definition) is 14. The molecule has 2 aliphatic carbocycles. The maximum absolute atomic E-state index is 14.4. The molecule has 284 valence electrons. The Morgan fingerprint density at radius 2 is 1.32 bits per heavy atom. The molecule has 2 N–H and O–H groups in total. The van der Waals surface area contributed by atoms with Crippen LogP contribution in [-0.4, -0.2) is 92.5 Å². The van der Waals surface area contributed by atoms with Gasteiger partial charge in [-0.05, 0) is 31.2 Å². The fourth-order valence-electron chi connectivity index (χ4n) is 7.02. The summed E-state index contributed by atoms with van der Waals surface area (Å²) >= 11 is 0. The molecule has 1 fully saturated rings. The van der Waals surface area contributed by atoms with E-state index in [1.165, 1.54) is 62.7 Å². The van der Waals surface area contributed by atoms with Crippen LogP contribution in [0, 0.1) is 17.3 Å². The average Bonchev–Trinajstić information content (AvgIpc) is 3.29. The molecular formula is C39H45NO13. The zero-order chi connectivity index (χ0) is 39.5. The highest BCUT2D eigenvalue weighted by molar-refractivity contribution is 5.93. The van der Waals surface area contributed by atoms with Crippen LogP contribution in [0.2, 0.25) is 0 Å². The number of aromatic nitrogens is 1. The third-order valence-corrected chi connectivity index (χ3v) is 9.42. The minimum Gasteiger partial charge on any atom is -0.459 e. The average molecular weight is 736 g/mol. The van der Waals surface area contributed by atoms with Gasteiger partial charge in [0.1, 0.15) is 23.4 Å². The Kier molecular flexibility index (Phi) is 12.1. The predicted octanol–water partition coefficient (Wildman–Crippen LogP) is 3.49. The summed E-state index contributed by atoms with van der Waals surface area (Å²) in [6.45, 7) is 13.3. The van der Waals surface area contributed by atoms with Crippen LogP contribution in [0.1, 0.15) is 75.6 Å². The lowest BCUT2D eigenvalue weighted by atomic mass is 9.72. The number of hydrogen-bond donors (Lipinski definition) is 2. The molecule has 0 bridgehead atoms. The fraction of sp³-hybridized carbons (Fsp3) is 0.462. The summed E-state index contributed by atoms with van der Waals surface area (Å²) in [5.74, 6) is -8.37. The standard InChI is InChI=1S/C39H45NO13/c1-21-16-17-37(6,7)34(51-25(5)43)31(49-23(3)41)30(53-36(46)27-15-12-18-40-19-27)22(2)29(52-35(45)26-13-10-9-11-14-26)28-33(50-24(4)42)38(8,47)20-39(28,48)32(21)44/h9-19,21,28-31,33-34,47-48H,2,20H2,1,3-8H3/b17-16+/t21-,28-,29+,30-,31+,33+,34+,38+,39+/m0/s1. The van der Waals surface area contributed by atoms with Crippen LogP contribution >= 0.6 is 0 Å². The van der Waals surface area contributed by atoms with Gasteiger partial charge in [-0.1, -0.05) is 57.7 Å². The molecule has 2 aliphatic rings. The number of nitrogens with zero attached hydrogens (tertiary/aromatic N) is 1. The van der Waals surface area contributed by atoms with Crippen LogP contribution in [0.4, 0.5) is 0 Å². The van der Waals surface area contributed by atoms with E-state index >= 15 is 0 Å². The fourth-order valence-corrected chi connectivity index (χ4v) is 7.02. The molecule has 1 saturated carbocycles. The molecule has 0 spiro atoms. The molecule has 14 heteroatoms. The van der Waals surface area contributed by atoms with Crippen molar-refractivity contribution in [2.24, 2.45) is 17.3 Å². The van der Waals surface area contributed by atoms with Crippen molar-refractivity contribution >= 4 is 35.6 Å². The maximum atomic E-state index is 14.4. The molecule has 1 heterocycles. The van der Waals surface area contributed by atoms with Gasteiger partial charge in [-0.15, -0.1) is 0 Å². The Morgan fingerprint density at radius 1 is 0.774 bits per heavy atom. The molecule has 1 aromatic carbocycles. The minimum absolute atomic E-state index is 0.0192. The second-order valence-electron chi connectivity index (χ2n) is 14.3. The molecule has 9 atom stereocenters. The third kappa shape index (κ3) is 8.88. The van der Waals surface area contributed by atoms with Crippen LogP contribution in [0.3, 0.4) is 0 Å². The largest absolute Gasteiger partial charge is 0.459 e. The van der Waals surface area contributed by atoms with Crippen molar-refractivity contribution in [2.45, 2.75) is 96.6 Å². The van der Waals surface area contributed by atoms with Gasteiger partial charge in [0.2, 0.25) is 0 Å². The first-order valence-corrected chi connectivity index (χ1v) is 17.0. The lowest BCUT2D eigenvalue weighted by Gasteiger charge is -2.44. The third-order valence-electron chi connectivity index (χ3n) is 9.42. The molecule has 2 aromatic rings. The zero-order valence-electron chi connectivity index (χ0n) is 30.6. The summed E-state index contributed by atoms with van der Waals surface area (Å²) in [6, 6.07) is 10.5. The molecule has 4 rings (SSSR count). The quantitative estimate of drug-likeness (QED) is 0.238. The second-order valence-corrected chi connectivity index (χ2v) is 14.3. The van der Waals surface area contributed by atoms with E-state index in [4.69, 9.17) is 23.7 Å². The molecular weight excluding hydrogens is 690 g/mol. The van der Waals surface area contributed by atoms with Crippen LogP contribution < -0.4 is 0 Å².